The number of rotatable bonds is 8. The van der Waals surface area contributed by atoms with Gasteiger partial charge in [-0.3, -0.25) is 4.98 Å². The van der Waals surface area contributed by atoms with Crippen LogP contribution >= 0.6 is 0 Å². The molecule has 5 N–H and O–H groups in total. The number of carboxylic acids is 2. The van der Waals surface area contributed by atoms with E-state index in [1.54, 1.807) is 19.1 Å². The summed E-state index contributed by atoms with van der Waals surface area (Å²) in [5.74, 6) is -4.32. The van der Waals surface area contributed by atoms with E-state index in [-0.39, 0.29) is 22.9 Å². The van der Waals surface area contributed by atoms with Gasteiger partial charge in [-0.2, -0.15) is 0 Å². The molecule has 29 heavy (non-hydrogen) atoms. The summed E-state index contributed by atoms with van der Waals surface area (Å²) >= 11 is 0. The number of aromatic nitrogens is 1. The molecule has 0 amide bonds. The van der Waals surface area contributed by atoms with Gasteiger partial charge in [-0.15, -0.1) is 0 Å². The maximum Gasteiger partial charge on any atom is 0.414 e. The fourth-order valence-corrected chi connectivity index (χ4v) is 3.76. The highest BCUT2D eigenvalue weighted by Gasteiger charge is 2.21. The molecule has 0 radical (unpaired) electrons. The Morgan fingerprint density at radius 1 is 1.21 bits per heavy atom. The molecule has 2 rings (SSSR count). The molecule has 1 aromatic carbocycles. The molecule has 0 aliphatic carbocycles. The molecule has 12 heteroatoms. The molecular weight excluding hydrogens is 409 g/mol. The van der Waals surface area contributed by atoms with Gasteiger partial charge in [0.15, 0.2) is 5.82 Å². The number of aliphatic hydroxyl groups is 1. The van der Waals surface area contributed by atoms with Crippen molar-refractivity contribution < 1.29 is 37.7 Å². The summed E-state index contributed by atoms with van der Waals surface area (Å²) in [6.07, 6.45) is 3.03. The van der Waals surface area contributed by atoms with Gasteiger partial charge in [-0.1, -0.05) is 12.1 Å². The second kappa shape index (κ2) is 11.4. The third kappa shape index (κ3) is 7.69. The summed E-state index contributed by atoms with van der Waals surface area (Å²) in [7, 11) is -3.86. The number of benzene rings is 1. The molecule has 0 saturated heterocycles. The molecule has 0 unspecified atom stereocenters. The van der Waals surface area contributed by atoms with E-state index < -0.39 is 27.8 Å². The molecule has 0 aliphatic rings. The van der Waals surface area contributed by atoms with Gasteiger partial charge in [0.25, 0.3) is 0 Å². The quantitative estimate of drug-likeness (QED) is 0.289. The Bertz CT molecular complexity index is 936. The minimum atomic E-state index is -3.86. The molecule has 1 atom stereocenters. The average molecular weight is 431 g/mol. The highest BCUT2D eigenvalue weighted by atomic mass is 32.2. The number of aliphatic hydroxyl groups excluding tert-OH is 1. The van der Waals surface area contributed by atoms with Crippen LogP contribution in [0.3, 0.4) is 0 Å². The van der Waals surface area contributed by atoms with E-state index in [1.165, 1.54) is 12.3 Å². The van der Waals surface area contributed by atoms with Crippen LogP contribution < -0.4 is 10.0 Å². The molecule has 2 aromatic rings. The van der Waals surface area contributed by atoms with E-state index in [0.29, 0.717) is 24.9 Å². The lowest BCUT2D eigenvalue weighted by Crippen LogP contribution is -2.40. The van der Waals surface area contributed by atoms with Gasteiger partial charge in [0.05, 0.1) is 11.1 Å². The molecule has 1 aromatic heterocycles. The van der Waals surface area contributed by atoms with E-state index in [4.69, 9.17) is 24.9 Å². The zero-order chi connectivity index (χ0) is 22.0. The van der Waals surface area contributed by atoms with Crippen LogP contribution in [0.25, 0.3) is 10.8 Å². The van der Waals surface area contributed by atoms with Crippen LogP contribution in [0.15, 0.2) is 35.5 Å². The number of hydrogen-bond acceptors (Lipinski definition) is 7. The fraction of sp³-hybridized carbons (Fsp3) is 0.353. The van der Waals surface area contributed by atoms with Gasteiger partial charge in [-0.25, -0.2) is 27.1 Å². The van der Waals surface area contributed by atoms with Gasteiger partial charge in [0.2, 0.25) is 10.0 Å². The predicted octanol–water partition coefficient (Wildman–Crippen LogP) is 0.168. The number of hydrogen-bond donors (Lipinski definition) is 5. The topological polar surface area (TPSA) is 166 Å². The van der Waals surface area contributed by atoms with Crippen molar-refractivity contribution in [3.8, 4) is 0 Å². The molecule has 0 spiro atoms. The van der Waals surface area contributed by atoms with Crippen molar-refractivity contribution >= 4 is 32.7 Å². The first-order valence-electron chi connectivity index (χ1n) is 8.42. The largest absolute Gasteiger partial charge is 0.473 e. The molecular formula is C17H22FN3O7S. The molecule has 10 nitrogen and oxygen atoms in total. The second-order valence-electron chi connectivity index (χ2n) is 5.89. The Labute approximate surface area is 166 Å². The van der Waals surface area contributed by atoms with Crippen LogP contribution in [-0.2, 0) is 19.6 Å². The molecule has 0 fully saturated rings. The Kier molecular flexibility index (Phi) is 9.55. The first-order valence-corrected chi connectivity index (χ1v) is 9.90. The predicted molar refractivity (Wildman–Crippen MR) is 101 cm³/mol. The van der Waals surface area contributed by atoms with E-state index in [9.17, 15) is 12.8 Å². The third-order valence-corrected chi connectivity index (χ3v) is 5.12. The zero-order valence-corrected chi connectivity index (χ0v) is 16.3. The highest BCUT2D eigenvalue weighted by Crippen LogP contribution is 2.24. The molecule has 1 heterocycles. The van der Waals surface area contributed by atoms with Crippen molar-refractivity contribution in [2.45, 2.75) is 24.3 Å². The summed E-state index contributed by atoms with van der Waals surface area (Å²) in [4.78, 5) is 21.8. The standard InChI is InChI=1S/C15H20FN3O3S.C2H2O4/c1-11(8-17-6-3-7-20)19-23(21,22)14-5-2-4-12-9-18-10-13(16)15(12)14;3-1(4)2(5)6/h2,4-5,9-11,17,19-20H,3,6-8H2,1H3;(H,3,4)(H,5,6)/t11-;/m0./s1. The maximum absolute atomic E-state index is 14.0. The number of halogens is 1. The Morgan fingerprint density at radius 3 is 2.45 bits per heavy atom. The number of aliphatic carboxylic acids is 2. The summed E-state index contributed by atoms with van der Waals surface area (Å²) < 4.78 is 41.6. The average Bonchev–Trinajstić information content (AvgIpc) is 2.65. The lowest BCUT2D eigenvalue weighted by Gasteiger charge is -2.16. The van der Waals surface area contributed by atoms with Gasteiger partial charge < -0.3 is 20.6 Å². The first-order chi connectivity index (χ1) is 13.6. The highest BCUT2D eigenvalue weighted by molar-refractivity contribution is 7.89. The van der Waals surface area contributed by atoms with E-state index in [0.717, 1.165) is 6.20 Å². The van der Waals surface area contributed by atoms with Gasteiger partial charge in [-0.05, 0) is 26.0 Å². The lowest BCUT2D eigenvalue weighted by atomic mass is 10.2. The second-order valence-corrected chi connectivity index (χ2v) is 7.57. The fourth-order valence-electron chi connectivity index (χ4n) is 2.28. The number of nitrogens with zero attached hydrogens (tertiary/aromatic N) is 1. The Morgan fingerprint density at radius 2 is 1.86 bits per heavy atom. The lowest BCUT2D eigenvalue weighted by molar-refractivity contribution is -0.159. The van der Waals surface area contributed by atoms with Crippen molar-refractivity contribution in [2.24, 2.45) is 0 Å². The van der Waals surface area contributed by atoms with E-state index in [2.05, 4.69) is 15.0 Å². The SMILES string of the molecule is C[C@@H](CNCCCO)NS(=O)(=O)c1cccc2cncc(F)c12.O=C(O)C(=O)O. The van der Waals surface area contributed by atoms with Crippen LogP contribution in [0.1, 0.15) is 13.3 Å². The monoisotopic (exact) mass is 431 g/mol. The molecule has 0 bridgehead atoms. The van der Waals surface area contributed by atoms with Crippen LogP contribution in [0.2, 0.25) is 0 Å². The van der Waals surface area contributed by atoms with Crippen molar-refractivity contribution in [3.63, 3.8) is 0 Å². The molecule has 0 saturated carbocycles. The Hall–Kier alpha value is -2.67. The van der Waals surface area contributed by atoms with Gasteiger partial charge in [0, 0.05) is 36.2 Å². The van der Waals surface area contributed by atoms with Crippen molar-refractivity contribution in [3.05, 3.63) is 36.4 Å². The number of nitrogens with one attached hydrogen (secondary N) is 2. The summed E-state index contributed by atoms with van der Waals surface area (Å²) in [5, 5.41) is 27.0. The minimum Gasteiger partial charge on any atom is -0.473 e. The van der Waals surface area contributed by atoms with Crippen LogP contribution in [-0.4, -0.2) is 66.4 Å². The van der Waals surface area contributed by atoms with Crippen LogP contribution in [0, 0.1) is 5.82 Å². The van der Waals surface area contributed by atoms with Crippen molar-refractivity contribution in [2.75, 3.05) is 19.7 Å². The smallest absolute Gasteiger partial charge is 0.414 e. The summed E-state index contributed by atoms with van der Waals surface area (Å²) in [6, 6.07) is 4.17. The molecule has 0 aliphatic heterocycles. The number of sulfonamides is 1. The summed E-state index contributed by atoms with van der Waals surface area (Å²) in [5.41, 5.74) is 0. The number of carboxylic acid groups (broad SMARTS) is 2. The van der Waals surface area contributed by atoms with Crippen LogP contribution in [0.5, 0.6) is 0 Å². The van der Waals surface area contributed by atoms with Crippen LogP contribution in [0.4, 0.5) is 4.39 Å². The van der Waals surface area contributed by atoms with E-state index in [1.807, 2.05) is 0 Å². The normalized spacial score (nSPS) is 12.1. The number of fused-ring (bicyclic) bond motifs is 1. The van der Waals surface area contributed by atoms with Crippen molar-refractivity contribution in [1.29, 1.82) is 0 Å². The van der Waals surface area contributed by atoms with Gasteiger partial charge in [0.1, 0.15) is 0 Å². The van der Waals surface area contributed by atoms with Gasteiger partial charge >= 0.3 is 11.9 Å². The summed E-state index contributed by atoms with van der Waals surface area (Å²) in [6.45, 7) is 2.80. The number of pyridine rings is 1. The maximum atomic E-state index is 14.0. The number of carbonyl (C=O) groups is 2. The molecule has 160 valence electrons. The zero-order valence-electron chi connectivity index (χ0n) is 15.5. The van der Waals surface area contributed by atoms with Crippen molar-refractivity contribution in [1.82, 2.24) is 15.0 Å². The first kappa shape index (κ1) is 24.4. The third-order valence-electron chi connectivity index (χ3n) is 3.49. The Balaban J connectivity index is 0.000000612. The minimum absolute atomic E-state index is 0.0374. The van der Waals surface area contributed by atoms with E-state index >= 15 is 0 Å².